The highest BCUT2D eigenvalue weighted by atomic mass is 32.2. The Hall–Kier alpha value is -1.52. The van der Waals surface area contributed by atoms with E-state index in [0.29, 0.717) is 4.90 Å². The average Bonchev–Trinajstić information content (AvgIpc) is 2.38. The van der Waals surface area contributed by atoms with Gasteiger partial charge in [0.05, 0.1) is 11.5 Å². The molecular formula is C14H13FO2S. The molecule has 0 bridgehead atoms. The lowest BCUT2D eigenvalue weighted by molar-refractivity contribution is 0.337. The summed E-state index contributed by atoms with van der Waals surface area (Å²) in [4.78, 5) is 0.628. The Morgan fingerprint density at radius 2 is 1.67 bits per heavy atom. The van der Waals surface area contributed by atoms with Gasteiger partial charge in [0.15, 0.2) is 11.1 Å². The fourth-order valence-corrected chi connectivity index (χ4v) is 2.16. The normalized spacial score (nSPS) is 12.3. The third-order valence-electron chi connectivity index (χ3n) is 2.46. The Kier molecular flexibility index (Phi) is 4.23. The molecule has 0 spiro atoms. The van der Waals surface area contributed by atoms with Crippen LogP contribution in [-0.2, 0) is 21.9 Å². The maximum atomic E-state index is 12.7. The quantitative estimate of drug-likeness (QED) is 0.846. The molecule has 0 aliphatic carbocycles. The van der Waals surface area contributed by atoms with Gasteiger partial charge in [0.1, 0.15) is 5.82 Å². The Balaban J connectivity index is 1.96. The summed E-state index contributed by atoms with van der Waals surface area (Å²) in [6, 6.07) is 13.2. The van der Waals surface area contributed by atoms with E-state index in [2.05, 4.69) is 0 Å². The third kappa shape index (κ3) is 3.48. The molecule has 0 amide bonds. The Morgan fingerprint density at radius 3 is 2.28 bits per heavy atom. The van der Waals surface area contributed by atoms with Crippen LogP contribution >= 0.6 is 0 Å². The summed E-state index contributed by atoms with van der Waals surface area (Å²) in [7, 11) is 0. The highest BCUT2D eigenvalue weighted by molar-refractivity contribution is 7.80. The molecule has 0 saturated carbocycles. The summed E-state index contributed by atoms with van der Waals surface area (Å²) in [5.74, 6) is -0.293. The minimum atomic E-state index is -1.49. The van der Waals surface area contributed by atoms with Gasteiger partial charge in [-0.05, 0) is 36.8 Å². The van der Waals surface area contributed by atoms with E-state index in [1.807, 2.05) is 19.1 Å². The van der Waals surface area contributed by atoms with Crippen LogP contribution in [0.1, 0.15) is 11.1 Å². The molecule has 0 N–H and O–H groups in total. The van der Waals surface area contributed by atoms with Gasteiger partial charge in [-0.25, -0.2) is 8.60 Å². The molecule has 0 saturated heterocycles. The van der Waals surface area contributed by atoms with Crippen molar-refractivity contribution < 1.29 is 12.8 Å². The Labute approximate surface area is 108 Å². The van der Waals surface area contributed by atoms with Gasteiger partial charge in [-0.15, -0.1) is 0 Å². The molecular weight excluding hydrogens is 251 g/mol. The Bertz CT molecular complexity index is 535. The van der Waals surface area contributed by atoms with Gasteiger partial charge in [0, 0.05) is 0 Å². The molecule has 18 heavy (non-hydrogen) atoms. The van der Waals surface area contributed by atoms with Crippen molar-refractivity contribution in [1.82, 2.24) is 0 Å². The number of benzene rings is 2. The summed E-state index contributed by atoms with van der Waals surface area (Å²) >= 11 is -1.49. The summed E-state index contributed by atoms with van der Waals surface area (Å²) in [6.07, 6.45) is 0. The highest BCUT2D eigenvalue weighted by Crippen LogP contribution is 2.12. The fourth-order valence-electron chi connectivity index (χ4n) is 1.42. The SMILES string of the molecule is Cc1ccc(S(=O)OCc2ccc(F)cc2)cc1. The second-order valence-electron chi connectivity index (χ2n) is 3.94. The fraction of sp³-hybridized carbons (Fsp3) is 0.143. The summed E-state index contributed by atoms with van der Waals surface area (Å²) in [5, 5.41) is 0. The first kappa shape index (κ1) is 12.9. The maximum Gasteiger partial charge on any atom is 0.189 e. The lowest BCUT2D eigenvalue weighted by Crippen LogP contribution is -1.98. The minimum absolute atomic E-state index is 0.195. The van der Waals surface area contributed by atoms with Crippen molar-refractivity contribution in [3.63, 3.8) is 0 Å². The number of hydrogen-bond donors (Lipinski definition) is 0. The molecule has 0 aliphatic heterocycles. The molecule has 0 heterocycles. The molecule has 0 fully saturated rings. The van der Waals surface area contributed by atoms with Gasteiger partial charge >= 0.3 is 0 Å². The monoisotopic (exact) mass is 264 g/mol. The van der Waals surface area contributed by atoms with Crippen LogP contribution in [0.25, 0.3) is 0 Å². The molecule has 1 unspecified atom stereocenters. The molecule has 2 nitrogen and oxygen atoms in total. The standard InChI is InChI=1S/C14H13FO2S/c1-11-2-8-14(9-3-11)18(16)17-10-12-4-6-13(15)7-5-12/h2-9H,10H2,1H3. The van der Waals surface area contributed by atoms with Crippen LogP contribution in [0.5, 0.6) is 0 Å². The highest BCUT2D eigenvalue weighted by Gasteiger charge is 2.04. The largest absolute Gasteiger partial charge is 0.282 e. The van der Waals surface area contributed by atoms with Gasteiger partial charge in [-0.2, -0.15) is 0 Å². The number of rotatable bonds is 4. The van der Waals surface area contributed by atoms with Gasteiger partial charge in [0.25, 0.3) is 0 Å². The summed E-state index contributed by atoms with van der Waals surface area (Å²) in [6.45, 7) is 2.16. The van der Waals surface area contributed by atoms with Crippen molar-refractivity contribution >= 4 is 11.1 Å². The zero-order valence-corrected chi connectivity index (χ0v) is 10.7. The molecule has 94 valence electrons. The lowest BCUT2D eigenvalue weighted by Gasteiger charge is -2.04. The minimum Gasteiger partial charge on any atom is -0.282 e. The first-order valence-electron chi connectivity index (χ1n) is 5.51. The second-order valence-corrected chi connectivity index (χ2v) is 5.11. The van der Waals surface area contributed by atoms with E-state index in [1.54, 1.807) is 24.3 Å². The maximum absolute atomic E-state index is 12.7. The Morgan fingerprint density at radius 1 is 1.06 bits per heavy atom. The van der Waals surface area contributed by atoms with E-state index in [4.69, 9.17) is 4.18 Å². The van der Waals surface area contributed by atoms with Crippen molar-refractivity contribution in [3.05, 3.63) is 65.5 Å². The molecule has 0 aromatic heterocycles. The van der Waals surface area contributed by atoms with Crippen LogP contribution in [0.15, 0.2) is 53.4 Å². The van der Waals surface area contributed by atoms with E-state index >= 15 is 0 Å². The topological polar surface area (TPSA) is 26.3 Å². The van der Waals surface area contributed by atoms with E-state index in [0.717, 1.165) is 11.1 Å². The van der Waals surface area contributed by atoms with E-state index in [1.165, 1.54) is 12.1 Å². The third-order valence-corrected chi connectivity index (χ3v) is 3.45. The lowest BCUT2D eigenvalue weighted by atomic mass is 10.2. The van der Waals surface area contributed by atoms with Crippen molar-refractivity contribution in [2.45, 2.75) is 18.4 Å². The van der Waals surface area contributed by atoms with E-state index in [9.17, 15) is 8.60 Å². The van der Waals surface area contributed by atoms with E-state index in [-0.39, 0.29) is 12.4 Å². The van der Waals surface area contributed by atoms with Crippen LogP contribution in [0, 0.1) is 12.7 Å². The number of hydrogen-bond acceptors (Lipinski definition) is 2. The molecule has 0 radical (unpaired) electrons. The molecule has 4 heteroatoms. The van der Waals surface area contributed by atoms with Crippen LogP contribution in [0.4, 0.5) is 4.39 Å². The van der Waals surface area contributed by atoms with Crippen molar-refractivity contribution in [3.8, 4) is 0 Å². The predicted molar refractivity (Wildman–Crippen MR) is 68.8 cm³/mol. The number of aryl methyl sites for hydroxylation is 1. The number of halogens is 1. The zero-order chi connectivity index (χ0) is 13.0. The van der Waals surface area contributed by atoms with Gasteiger partial charge in [0.2, 0.25) is 0 Å². The zero-order valence-electron chi connectivity index (χ0n) is 9.93. The van der Waals surface area contributed by atoms with Crippen molar-refractivity contribution in [2.24, 2.45) is 0 Å². The molecule has 2 aromatic rings. The molecule has 1 atom stereocenters. The first-order chi connectivity index (χ1) is 8.65. The van der Waals surface area contributed by atoms with Crippen LogP contribution in [0.3, 0.4) is 0 Å². The average molecular weight is 264 g/mol. The van der Waals surface area contributed by atoms with Crippen LogP contribution < -0.4 is 0 Å². The molecule has 2 rings (SSSR count). The van der Waals surface area contributed by atoms with Gasteiger partial charge < -0.3 is 0 Å². The second kappa shape index (κ2) is 5.89. The van der Waals surface area contributed by atoms with Crippen LogP contribution in [-0.4, -0.2) is 4.21 Å². The summed E-state index contributed by atoms with van der Waals surface area (Å²) < 4.78 is 29.7. The smallest absolute Gasteiger partial charge is 0.189 e. The molecule has 2 aromatic carbocycles. The predicted octanol–water partition coefficient (Wildman–Crippen LogP) is 3.37. The first-order valence-corrected chi connectivity index (χ1v) is 6.59. The van der Waals surface area contributed by atoms with Crippen molar-refractivity contribution in [1.29, 1.82) is 0 Å². The van der Waals surface area contributed by atoms with E-state index < -0.39 is 11.1 Å². The van der Waals surface area contributed by atoms with Crippen molar-refractivity contribution in [2.75, 3.05) is 0 Å². The van der Waals surface area contributed by atoms with Gasteiger partial charge in [-0.3, -0.25) is 4.18 Å². The molecule has 0 aliphatic rings. The van der Waals surface area contributed by atoms with Gasteiger partial charge in [-0.1, -0.05) is 29.8 Å². The summed E-state index contributed by atoms with van der Waals surface area (Å²) in [5.41, 5.74) is 1.89. The van der Waals surface area contributed by atoms with Crippen LogP contribution in [0.2, 0.25) is 0 Å².